The maximum Gasteiger partial charge on any atom is -0.0326 e. The summed E-state index contributed by atoms with van der Waals surface area (Å²) >= 11 is 0. The van der Waals surface area contributed by atoms with Gasteiger partial charge in [0.25, 0.3) is 0 Å². The van der Waals surface area contributed by atoms with Gasteiger partial charge in [-0.2, -0.15) is 0 Å². The normalized spacial score (nSPS) is 25.1. The Balaban J connectivity index is 0.000000791. The average molecular weight is 198 g/mol. The van der Waals surface area contributed by atoms with Crippen molar-refractivity contribution in [2.24, 2.45) is 11.3 Å². The van der Waals surface area contributed by atoms with Crippen molar-refractivity contribution in [3.63, 3.8) is 0 Å². The molecule has 0 radical (unpaired) electrons. The van der Waals surface area contributed by atoms with E-state index in [9.17, 15) is 0 Å². The highest BCUT2D eigenvalue weighted by atomic mass is 14.4. The molecule has 0 heterocycles. The SMILES string of the molecule is CC.CCCCC1CCCCC1(C)C. The van der Waals surface area contributed by atoms with Gasteiger partial charge in [-0.3, -0.25) is 0 Å². The molecule has 0 aromatic heterocycles. The average Bonchev–Trinajstić information content (AvgIpc) is 2.19. The van der Waals surface area contributed by atoms with Crippen molar-refractivity contribution in [1.29, 1.82) is 0 Å². The zero-order valence-corrected chi connectivity index (χ0v) is 11.0. The fourth-order valence-corrected chi connectivity index (χ4v) is 2.55. The Kier molecular flexibility index (Phi) is 7.31. The molecule has 0 aromatic rings. The molecular formula is C14H30. The van der Waals surface area contributed by atoms with E-state index in [0.29, 0.717) is 5.41 Å². The van der Waals surface area contributed by atoms with Crippen molar-refractivity contribution in [1.82, 2.24) is 0 Å². The Bertz CT molecular complexity index is 124. The lowest BCUT2D eigenvalue weighted by Crippen LogP contribution is -2.27. The number of unbranched alkanes of at least 4 members (excludes halogenated alkanes) is 1. The third-order valence-electron chi connectivity index (χ3n) is 3.64. The van der Waals surface area contributed by atoms with Crippen LogP contribution in [0.4, 0.5) is 0 Å². The first-order chi connectivity index (χ1) is 6.67. The summed E-state index contributed by atoms with van der Waals surface area (Å²) in [5.41, 5.74) is 0.646. The molecule has 0 saturated heterocycles. The van der Waals surface area contributed by atoms with E-state index in [1.807, 2.05) is 13.8 Å². The molecular weight excluding hydrogens is 168 g/mol. The molecule has 1 aliphatic rings. The Morgan fingerprint density at radius 3 is 2.29 bits per heavy atom. The monoisotopic (exact) mass is 198 g/mol. The second-order valence-electron chi connectivity index (χ2n) is 5.07. The van der Waals surface area contributed by atoms with E-state index >= 15 is 0 Å². The van der Waals surface area contributed by atoms with Crippen molar-refractivity contribution >= 4 is 0 Å². The van der Waals surface area contributed by atoms with Gasteiger partial charge >= 0.3 is 0 Å². The quantitative estimate of drug-likeness (QED) is 0.568. The summed E-state index contributed by atoms with van der Waals surface area (Å²) in [6.07, 6.45) is 10.2. The lowest BCUT2D eigenvalue weighted by molar-refractivity contribution is 0.127. The van der Waals surface area contributed by atoms with Crippen molar-refractivity contribution < 1.29 is 0 Å². The Morgan fingerprint density at radius 1 is 1.14 bits per heavy atom. The molecule has 0 amide bonds. The largest absolute Gasteiger partial charge is 0.0683 e. The van der Waals surface area contributed by atoms with Crippen LogP contribution in [0, 0.1) is 11.3 Å². The fraction of sp³-hybridized carbons (Fsp3) is 1.00. The number of hydrogen-bond donors (Lipinski definition) is 0. The molecule has 0 N–H and O–H groups in total. The van der Waals surface area contributed by atoms with Crippen LogP contribution in [0.25, 0.3) is 0 Å². The van der Waals surface area contributed by atoms with E-state index < -0.39 is 0 Å². The summed E-state index contributed by atoms with van der Waals surface area (Å²) in [6.45, 7) is 11.2. The highest BCUT2D eigenvalue weighted by molar-refractivity contribution is 4.82. The van der Waals surface area contributed by atoms with Gasteiger partial charge in [0.2, 0.25) is 0 Å². The summed E-state index contributed by atoms with van der Waals surface area (Å²) in [5, 5.41) is 0. The second kappa shape index (κ2) is 7.31. The van der Waals surface area contributed by atoms with Gasteiger partial charge in [0.1, 0.15) is 0 Å². The van der Waals surface area contributed by atoms with E-state index in [0.717, 1.165) is 5.92 Å². The predicted molar refractivity (Wildman–Crippen MR) is 66.6 cm³/mol. The molecule has 0 heteroatoms. The summed E-state index contributed by atoms with van der Waals surface area (Å²) < 4.78 is 0. The molecule has 0 spiro atoms. The zero-order valence-electron chi connectivity index (χ0n) is 11.0. The maximum atomic E-state index is 2.46. The first kappa shape index (κ1) is 14.0. The third-order valence-corrected chi connectivity index (χ3v) is 3.64. The number of hydrogen-bond acceptors (Lipinski definition) is 0. The van der Waals surface area contributed by atoms with Crippen LogP contribution in [0.2, 0.25) is 0 Å². The minimum absolute atomic E-state index is 0.646. The van der Waals surface area contributed by atoms with Gasteiger partial charge in [0.15, 0.2) is 0 Å². The van der Waals surface area contributed by atoms with E-state index in [1.165, 1.54) is 44.9 Å². The van der Waals surface area contributed by atoms with E-state index in [2.05, 4.69) is 20.8 Å². The van der Waals surface area contributed by atoms with Gasteiger partial charge in [-0.1, -0.05) is 60.3 Å². The first-order valence-electron chi connectivity index (χ1n) is 6.67. The molecule has 0 aromatic carbocycles. The van der Waals surface area contributed by atoms with Gasteiger partial charge < -0.3 is 0 Å². The fourth-order valence-electron chi connectivity index (χ4n) is 2.55. The highest BCUT2D eigenvalue weighted by Crippen LogP contribution is 2.42. The topological polar surface area (TPSA) is 0 Å². The van der Waals surface area contributed by atoms with Crippen LogP contribution < -0.4 is 0 Å². The van der Waals surface area contributed by atoms with Crippen LogP contribution in [0.15, 0.2) is 0 Å². The summed E-state index contributed by atoms with van der Waals surface area (Å²) in [5.74, 6) is 1.02. The molecule has 0 aliphatic heterocycles. The van der Waals surface area contributed by atoms with Crippen LogP contribution in [-0.4, -0.2) is 0 Å². The van der Waals surface area contributed by atoms with Crippen LogP contribution in [-0.2, 0) is 0 Å². The van der Waals surface area contributed by atoms with Gasteiger partial charge in [0.05, 0.1) is 0 Å². The van der Waals surface area contributed by atoms with Crippen molar-refractivity contribution in [3.8, 4) is 0 Å². The predicted octanol–water partition coefficient (Wildman–Crippen LogP) is 5.42. The van der Waals surface area contributed by atoms with Crippen LogP contribution in [0.5, 0.6) is 0 Å². The Hall–Kier alpha value is 0. The minimum atomic E-state index is 0.646. The smallest absolute Gasteiger partial charge is 0.0326 e. The van der Waals surface area contributed by atoms with Gasteiger partial charge in [-0.15, -0.1) is 0 Å². The lowest BCUT2D eigenvalue weighted by atomic mass is 9.67. The van der Waals surface area contributed by atoms with E-state index in [4.69, 9.17) is 0 Å². The van der Waals surface area contributed by atoms with Crippen molar-refractivity contribution in [3.05, 3.63) is 0 Å². The molecule has 1 aliphatic carbocycles. The van der Waals surface area contributed by atoms with Gasteiger partial charge in [-0.25, -0.2) is 0 Å². The van der Waals surface area contributed by atoms with Gasteiger partial charge in [-0.05, 0) is 30.6 Å². The van der Waals surface area contributed by atoms with Crippen molar-refractivity contribution in [2.45, 2.75) is 79.6 Å². The molecule has 0 bridgehead atoms. The van der Waals surface area contributed by atoms with Crippen LogP contribution >= 0.6 is 0 Å². The van der Waals surface area contributed by atoms with Gasteiger partial charge in [0, 0.05) is 0 Å². The number of rotatable bonds is 3. The second-order valence-corrected chi connectivity index (χ2v) is 5.07. The summed E-state index contributed by atoms with van der Waals surface area (Å²) in [4.78, 5) is 0. The molecule has 1 unspecified atom stereocenters. The zero-order chi connectivity index (χ0) is 11.0. The van der Waals surface area contributed by atoms with E-state index in [1.54, 1.807) is 0 Å². The summed E-state index contributed by atoms with van der Waals surface area (Å²) in [7, 11) is 0. The molecule has 1 fully saturated rings. The molecule has 1 saturated carbocycles. The lowest BCUT2D eigenvalue weighted by Gasteiger charge is -2.38. The molecule has 0 nitrogen and oxygen atoms in total. The molecule has 86 valence electrons. The highest BCUT2D eigenvalue weighted by Gasteiger charge is 2.30. The maximum absolute atomic E-state index is 2.46. The Labute approximate surface area is 91.5 Å². The van der Waals surface area contributed by atoms with Crippen LogP contribution in [0.1, 0.15) is 79.6 Å². The first-order valence-corrected chi connectivity index (χ1v) is 6.67. The summed E-state index contributed by atoms with van der Waals surface area (Å²) in [6, 6.07) is 0. The van der Waals surface area contributed by atoms with E-state index in [-0.39, 0.29) is 0 Å². The van der Waals surface area contributed by atoms with Crippen LogP contribution in [0.3, 0.4) is 0 Å². The third kappa shape index (κ3) is 4.48. The Morgan fingerprint density at radius 2 is 1.79 bits per heavy atom. The molecule has 14 heavy (non-hydrogen) atoms. The minimum Gasteiger partial charge on any atom is -0.0683 e. The molecule has 1 rings (SSSR count). The standard InChI is InChI=1S/C12H24.C2H6/c1-4-5-8-11-9-6-7-10-12(11,2)3;1-2/h11H,4-10H2,1-3H3;1-2H3. The van der Waals surface area contributed by atoms with Crippen molar-refractivity contribution in [2.75, 3.05) is 0 Å². The molecule has 1 atom stereocenters.